The zero-order chi connectivity index (χ0) is 23.0. The van der Waals surface area contributed by atoms with E-state index in [0.717, 1.165) is 61.5 Å². The van der Waals surface area contributed by atoms with Crippen LogP contribution in [-0.4, -0.2) is 54.4 Å². The summed E-state index contributed by atoms with van der Waals surface area (Å²) in [4.78, 5) is 26.5. The van der Waals surface area contributed by atoms with Crippen LogP contribution >= 0.6 is 11.8 Å². The molecular weight excluding hydrogens is 418 g/mol. The first kappa shape index (κ1) is 25.9. The molecule has 2 aromatic rings. The van der Waals surface area contributed by atoms with Crippen molar-refractivity contribution in [1.29, 1.82) is 0 Å². The monoisotopic (exact) mass is 455 g/mol. The Bertz CT molecular complexity index is 810. The fraction of sp³-hybridized carbons (Fsp3) is 0.462. The van der Waals surface area contributed by atoms with E-state index in [1.54, 1.807) is 11.8 Å². The van der Waals surface area contributed by atoms with Gasteiger partial charge in [0, 0.05) is 31.0 Å². The van der Waals surface area contributed by atoms with Crippen molar-refractivity contribution in [3.8, 4) is 11.1 Å². The molecule has 0 spiro atoms. The number of benzene rings is 2. The number of unbranched alkanes of at least 4 members (excludes halogenated alkanes) is 2. The van der Waals surface area contributed by atoms with Crippen LogP contribution in [0.15, 0.2) is 54.6 Å². The number of nitrogens with zero attached hydrogens (tertiary/aromatic N) is 1. The summed E-state index contributed by atoms with van der Waals surface area (Å²) in [5, 5.41) is 5.97. The molecule has 5 nitrogen and oxygen atoms in total. The molecule has 2 amide bonds. The van der Waals surface area contributed by atoms with Crippen LogP contribution in [0.2, 0.25) is 0 Å². The lowest BCUT2D eigenvalue weighted by atomic mass is 10.1. The number of rotatable bonds is 15. The number of thioether (sulfide) groups is 1. The topological polar surface area (TPSA) is 61.4 Å². The number of amides is 2. The minimum atomic E-state index is 0.0313. The second-order valence-electron chi connectivity index (χ2n) is 7.74. The van der Waals surface area contributed by atoms with E-state index in [9.17, 15) is 9.59 Å². The Balaban J connectivity index is 1.54. The smallest absolute Gasteiger partial charge is 0.229 e. The van der Waals surface area contributed by atoms with E-state index in [-0.39, 0.29) is 11.8 Å². The Morgan fingerprint density at radius 1 is 0.875 bits per heavy atom. The molecule has 0 aliphatic heterocycles. The maximum absolute atomic E-state index is 12.3. The Morgan fingerprint density at radius 3 is 2.38 bits per heavy atom. The van der Waals surface area contributed by atoms with E-state index in [4.69, 9.17) is 0 Å². The van der Waals surface area contributed by atoms with Gasteiger partial charge in [0.05, 0.1) is 5.75 Å². The van der Waals surface area contributed by atoms with Crippen LogP contribution in [0, 0.1) is 0 Å². The summed E-state index contributed by atoms with van der Waals surface area (Å²) < 4.78 is 0. The molecule has 0 saturated heterocycles. The van der Waals surface area contributed by atoms with Crippen LogP contribution in [0.1, 0.15) is 39.5 Å². The minimum absolute atomic E-state index is 0.0313. The third kappa shape index (κ3) is 10.3. The molecule has 2 aromatic carbocycles. The van der Waals surface area contributed by atoms with Crippen LogP contribution in [0.25, 0.3) is 11.1 Å². The highest BCUT2D eigenvalue weighted by molar-refractivity contribution is 7.99. The molecule has 0 unspecified atom stereocenters. The van der Waals surface area contributed by atoms with Crippen molar-refractivity contribution in [3.63, 3.8) is 0 Å². The highest BCUT2D eigenvalue weighted by Crippen LogP contribution is 2.22. The quantitative estimate of drug-likeness (QED) is 0.369. The Labute approximate surface area is 197 Å². The summed E-state index contributed by atoms with van der Waals surface area (Å²) in [6.07, 6.45) is 3.13. The van der Waals surface area contributed by atoms with Gasteiger partial charge in [-0.25, -0.2) is 0 Å². The molecule has 0 fully saturated rings. The molecule has 0 bridgehead atoms. The second-order valence-corrected chi connectivity index (χ2v) is 8.84. The number of carbonyl (C=O) groups excluding carboxylic acids is 2. The summed E-state index contributed by atoms with van der Waals surface area (Å²) in [5.74, 6) is 1.64. The molecule has 0 aliphatic rings. The first-order valence-electron chi connectivity index (χ1n) is 11.6. The second kappa shape index (κ2) is 15.5. The summed E-state index contributed by atoms with van der Waals surface area (Å²) in [7, 11) is 0. The fourth-order valence-electron chi connectivity index (χ4n) is 3.40. The van der Waals surface area contributed by atoms with E-state index in [0.29, 0.717) is 18.7 Å². The molecule has 0 saturated carbocycles. The molecule has 0 atom stereocenters. The highest BCUT2D eigenvalue weighted by Gasteiger charge is 2.05. The predicted molar refractivity (Wildman–Crippen MR) is 137 cm³/mol. The van der Waals surface area contributed by atoms with Gasteiger partial charge in [0.1, 0.15) is 0 Å². The van der Waals surface area contributed by atoms with Crippen LogP contribution in [0.5, 0.6) is 0 Å². The zero-order valence-corrected chi connectivity index (χ0v) is 20.3. The minimum Gasteiger partial charge on any atom is -0.355 e. The molecule has 0 heterocycles. The van der Waals surface area contributed by atoms with Gasteiger partial charge in [0.2, 0.25) is 11.8 Å². The third-order valence-corrected chi connectivity index (χ3v) is 6.27. The van der Waals surface area contributed by atoms with Gasteiger partial charge in [-0.3, -0.25) is 9.59 Å². The van der Waals surface area contributed by atoms with Gasteiger partial charge in [-0.15, -0.1) is 0 Å². The zero-order valence-electron chi connectivity index (χ0n) is 19.4. The molecule has 2 rings (SSSR count). The standard InChI is InChI=1S/C26H37N3O2S/c1-3-29(4-2)18-19-32-21-26(31)27-17-10-6-9-16-25(30)28-24-15-11-14-23(20-24)22-12-7-5-8-13-22/h5,7-8,11-15,20H,3-4,6,9-10,16-19,21H2,1-2H3,(H,27,31)(H,28,30). The molecular formula is C26H37N3O2S. The van der Waals surface area contributed by atoms with Crippen LogP contribution < -0.4 is 10.6 Å². The van der Waals surface area contributed by atoms with Gasteiger partial charge in [-0.05, 0) is 49.2 Å². The first-order valence-corrected chi connectivity index (χ1v) is 12.8. The van der Waals surface area contributed by atoms with Crippen molar-refractivity contribution in [2.45, 2.75) is 39.5 Å². The first-order chi connectivity index (χ1) is 15.6. The summed E-state index contributed by atoms with van der Waals surface area (Å²) in [6, 6.07) is 18.1. The Kier molecular flexibility index (Phi) is 12.6. The Morgan fingerprint density at radius 2 is 1.62 bits per heavy atom. The van der Waals surface area contributed by atoms with E-state index in [2.05, 4.69) is 41.5 Å². The van der Waals surface area contributed by atoms with Crippen molar-refractivity contribution in [1.82, 2.24) is 10.2 Å². The SMILES string of the molecule is CCN(CC)CCSCC(=O)NCCCCCC(=O)Nc1cccc(-c2ccccc2)c1. The van der Waals surface area contributed by atoms with Crippen LogP contribution in [-0.2, 0) is 9.59 Å². The highest BCUT2D eigenvalue weighted by atomic mass is 32.2. The van der Waals surface area contributed by atoms with E-state index >= 15 is 0 Å². The summed E-state index contributed by atoms with van der Waals surface area (Å²) >= 11 is 1.69. The largest absolute Gasteiger partial charge is 0.355 e. The molecule has 0 aromatic heterocycles. The van der Waals surface area contributed by atoms with Crippen molar-refractivity contribution in [2.24, 2.45) is 0 Å². The summed E-state index contributed by atoms with van der Waals surface area (Å²) in [6.45, 7) is 8.14. The predicted octanol–water partition coefficient (Wildman–Crippen LogP) is 5.04. The van der Waals surface area contributed by atoms with Gasteiger partial charge in [-0.2, -0.15) is 11.8 Å². The van der Waals surface area contributed by atoms with Crippen LogP contribution in [0.4, 0.5) is 5.69 Å². The lowest BCUT2D eigenvalue weighted by molar-refractivity contribution is -0.118. The van der Waals surface area contributed by atoms with Gasteiger partial charge < -0.3 is 15.5 Å². The van der Waals surface area contributed by atoms with Crippen molar-refractivity contribution < 1.29 is 9.59 Å². The molecule has 32 heavy (non-hydrogen) atoms. The van der Waals surface area contributed by atoms with Gasteiger partial charge >= 0.3 is 0 Å². The van der Waals surface area contributed by atoms with Crippen molar-refractivity contribution >= 4 is 29.3 Å². The van der Waals surface area contributed by atoms with Gasteiger partial charge in [0.15, 0.2) is 0 Å². The molecule has 0 aliphatic carbocycles. The maximum Gasteiger partial charge on any atom is 0.229 e. The number of anilines is 1. The van der Waals surface area contributed by atoms with Gasteiger partial charge in [-0.1, -0.05) is 62.7 Å². The molecule has 6 heteroatoms. The van der Waals surface area contributed by atoms with E-state index in [1.807, 2.05) is 42.5 Å². The number of hydrogen-bond acceptors (Lipinski definition) is 4. The van der Waals surface area contributed by atoms with Crippen LogP contribution in [0.3, 0.4) is 0 Å². The summed E-state index contributed by atoms with van der Waals surface area (Å²) in [5.41, 5.74) is 3.04. The van der Waals surface area contributed by atoms with Gasteiger partial charge in [0.25, 0.3) is 0 Å². The molecule has 2 N–H and O–H groups in total. The Hall–Kier alpha value is -2.31. The third-order valence-electron chi connectivity index (χ3n) is 5.34. The lowest BCUT2D eigenvalue weighted by Gasteiger charge is -2.17. The number of hydrogen-bond donors (Lipinski definition) is 2. The average molecular weight is 456 g/mol. The van der Waals surface area contributed by atoms with E-state index in [1.165, 1.54) is 0 Å². The van der Waals surface area contributed by atoms with E-state index < -0.39 is 0 Å². The van der Waals surface area contributed by atoms with Crippen molar-refractivity contribution in [3.05, 3.63) is 54.6 Å². The maximum atomic E-state index is 12.3. The normalized spacial score (nSPS) is 10.8. The average Bonchev–Trinajstić information content (AvgIpc) is 2.82. The number of nitrogens with one attached hydrogen (secondary N) is 2. The fourth-order valence-corrected chi connectivity index (χ4v) is 4.21. The molecule has 0 radical (unpaired) electrons. The van der Waals surface area contributed by atoms with Crippen molar-refractivity contribution in [2.75, 3.05) is 43.0 Å². The lowest BCUT2D eigenvalue weighted by Crippen LogP contribution is -2.28. The number of carbonyl (C=O) groups is 2. The molecule has 174 valence electrons.